The van der Waals surface area contributed by atoms with Gasteiger partial charge in [0.2, 0.25) is 5.91 Å². The van der Waals surface area contributed by atoms with Crippen molar-refractivity contribution in [2.75, 3.05) is 6.61 Å². The summed E-state index contributed by atoms with van der Waals surface area (Å²) in [6, 6.07) is -1.02. The van der Waals surface area contributed by atoms with Gasteiger partial charge in [-0.05, 0) is 83.5 Å². The number of aliphatic hydroxyl groups excluding tert-OH is 4. The second-order valence-electron chi connectivity index (χ2n) is 12.5. The van der Waals surface area contributed by atoms with Crippen molar-refractivity contribution in [3.05, 3.63) is 48.6 Å². The Hall–Kier alpha value is -1.73. The zero-order valence-electron chi connectivity index (χ0n) is 29.1. The molecule has 0 aliphatic heterocycles. The van der Waals surface area contributed by atoms with Gasteiger partial charge in [-0.2, -0.15) is 0 Å². The molecule has 0 aliphatic rings. The summed E-state index contributed by atoms with van der Waals surface area (Å²) in [5.74, 6) is -0.619. The van der Waals surface area contributed by atoms with Crippen LogP contribution in [0.1, 0.15) is 162 Å². The van der Waals surface area contributed by atoms with Gasteiger partial charge >= 0.3 is 0 Å². The Morgan fingerprint density at radius 1 is 0.533 bits per heavy atom. The zero-order valence-corrected chi connectivity index (χ0v) is 29.1. The van der Waals surface area contributed by atoms with Gasteiger partial charge in [0.15, 0.2) is 0 Å². The molecule has 0 heterocycles. The highest BCUT2D eigenvalue weighted by molar-refractivity contribution is 5.80. The minimum absolute atomic E-state index is 0.334. The first-order valence-electron chi connectivity index (χ1n) is 18.5. The summed E-state index contributed by atoms with van der Waals surface area (Å²) < 4.78 is 0. The second kappa shape index (κ2) is 33.6. The van der Waals surface area contributed by atoms with E-state index in [4.69, 9.17) is 0 Å². The highest BCUT2D eigenvalue weighted by atomic mass is 16.3. The highest BCUT2D eigenvalue weighted by Gasteiger charge is 2.28. The van der Waals surface area contributed by atoms with Crippen molar-refractivity contribution in [3.63, 3.8) is 0 Å². The van der Waals surface area contributed by atoms with E-state index in [2.05, 4.69) is 67.8 Å². The van der Waals surface area contributed by atoms with Gasteiger partial charge in [0, 0.05) is 0 Å². The molecule has 0 fully saturated rings. The molecule has 0 spiro atoms. The lowest BCUT2D eigenvalue weighted by Gasteiger charge is -2.27. The summed E-state index contributed by atoms with van der Waals surface area (Å²) in [6.07, 6.45) is 38.6. The SMILES string of the molecule is CCCC/C=C\CCCCCC(O)C(=O)NC(CO)C(O)C(O)CCC/C=C/CC/C=C/CC/C=C/CCCCCCCCC. The van der Waals surface area contributed by atoms with Crippen LogP contribution < -0.4 is 5.32 Å². The average Bonchev–Trinajstić information content (AvgIpc) is 3.04. The van der Waals surface area contributed by atoms with Gasteiger partial charge in [-0.15, -0.1) is 0 Å². The molecule has 4 atom stereocenters. The van der Waals surface area contributed by atoms with Crippen molar-refractivity contribution in [3.8, 4) is 0 Å². The third kappa shape index (κ3) is 28.2. The molecule has 0 aromatic carbocycles. The standard InChI is InChI=1S/C39H71NO5/c1-3-5-7-9-11-13-14-15-16-17-18-19-20-21-22-23-25-26-28-30-32-36(42)38(44)35(34-41)40-39(45)37(43)33-31-29-27-24-12-10-8-6-4-2/h10,12,16-17,20-21,25-26,35-38,41-44H,3-9,11,13-15,18-19,22-24,27-34H2,1-2H3,(H,40,45)/b12-10-,17-16+,21-20+,26-25+. The Bertz CT molecular complexity index is 763. The number of nitrogens with one attached hydrogen (secondary N) is 1. The predicted molar refractivity (Wildman–Crippen MR) is 191 cm³/mol. The molecular formula is C39H71NO5. The number of carbonyl (C=O) groups is 1. The summed E-state index contributed by atoms with van der Waals surface area (Å²) >= 11 is 0. The normalized spacial score (nSPS) is 15.1. The van der Waals surface area contributed by atoms with E-state index < -0.39 is 36.9 Å². The first-order valence-corrected chi connectivity index (χ1v) is 18.5. The topological polar surface area (TPSA) is 110 Å². The van der Waals surface area contributed by atoms with Crippen LogP contribution in [0.3, 0.4) is 0 Å². The van der Waals surface area contributed by atoms with Crippen molar-refractivity contribution in [2.24, 2.45) is 0 Å². The molecule has 0 aromatic rings. The van der Waals surface area contributed by atoms with Crippen molar-refractivity contribution < 1.29 is 25.2 Å². The molecule has 0 aliphatic carbocycles. The third-order valence-corrected chi connectivity index (χ3v) is 8.22. The Morgan fingerprint density at radius 2 is 0.956 bits per heavy atom. The Labute approximate surface area is 277 Å². The number of carbonyl (C=O) groups excluding carboxylic acids is 1. The number of hydrogen-bond donors (Lipinski definition) is 5. The monoisotopic (exact) mass is 634 g/mol. The molecule has 262 valence electrons. The quantitative estimate of drug-likeness (QED) is 0.0376. The molecular weight excluding hydrogens is 562 g/mol. The third-order valence-electron chi connectivity index (χ3n) is 8.22. The number of aliphatic hydroxyl groups is 4. The van der Waals surface area contributed by atoms with Crippen LogP contribution in [-0.2, 0) is 4.79 Å². The Balaban J connectivity index is 3.91. The summed E-state index contributed by atoms with van der Waals surface area (Å²) in [5.41, 5.74) is 0. The minimum Gasteiger partial charge on any atom is -0.394 e. The maximum absolute atomic E-state index is 12.4. The predicted octanol–water partition coefficient (Wildman–Crippen LogP) is 8.78. The van der Waals surface area contributed by atoms with Gasteiger partial charge in [0.05, 0.1) is 18.8 Å². The van der Waals surface area contributed by atoms with E-state index in [1.807, 2.05) is 0 Å². The van der Waals surface area contributed by atoms with E-state index in [9.17, 15) is 25.2 Å². The Kier molecular flexibility index (Phi) is 32.3. The molecule has 5 N–H and O–H groups in total. The molecule has 1 amide bonds. The van der Waals surface area contributed by atoms with Crippen LogP contribution in [0.15, 0.2) is 48.6 Å². The van der Waals surface area contributed by atoms with Gasteiger partial charge in [-0.3, -0.25) is 4.79 Å². The lowest BCUT2D eigenvalue weighted by molar-refractivity contribution is -0.132. The fourth-order valence-electron chi connectivity index (χ4n) is 5.18. The molecule has 0 saturated heterocycles. The maximum Gasteiger partial charge on any atom is 0.249 e. The van der Waals surface area contributed by atoms with Gasteiger partial charge in [0.1, 0.15) is 12.2 Å². The lowest BCUT2D eigenvalue weighted by Crippen LogP contribution is -2.53. The molecule has 0 aromatic heterocycles. The van der Waals surface area contributed by atoms with E-state index in [0.29, 0.717) is 19.3 Å². The first-order chi connectivity index (χ1) is 22.0. The van der Waals surface area contributed by atoms with Crippen molar-refractivity contribution >= 4 is 5.91 Å². The number of amides is 1. The van der Waals surface area contributed by atoms with E-state index in [0.717, 1.165) is 64.2 Å². The Morgan fingerprint density at radius 3 is 1.47 bits per heavy atom. The minimum atomic E-state index is -1.30. The molecule has 6 nitrogen and oxygen atoms in total. The van der Waals surface area contributed by atoms with Crippen LogP contribution in [0.25, 0.3) is 0 Å². The summed E-state index contributed by atoms with van der Waals surface area (Å²) in [4.78, 5) is 12.4. The van der Waals surface area contributed by atoms with Gasteiger partial charge < -0.3 is 25.7 Å². The number of unbranched alkanes of at least 4 members (excludes halogenated alkanes) is 15. The van der Waals surface area contributed by atoms with Crippen LogP contribution in [0.5, 0.6) is 0 Å². The van der Waals surface area contributed by atoms with E-state index >= 15 is 0 Å². The van der Waals surface area contributed by atoms with E-state index in [1.54, 1.807) is 0 Å². The van der Waals surface area contributed by atoms with Crippen LogP contribution in [-0.4, -0.2) is 57.3 Å². The second-order valence-corrected chi connectivity index (χ2v) is 12.5. The lowest BCUT2D eigenvalue weighted by atomic mass is 10.00. The molecule has 0 radical (unpaired) electrons. The highest BCUT2D eigenvalue weighted by Crippen LogP contribution is 2.12. The first kappa shape index (κ1) is 43.3. The van der Waals surface area contributed by atoms with Crippen LogP contribution in [0.4, 0.5) is 0 Å². The van der Waals surface area contributed by atoms with Gasteiger partial charge in [-0.1, -0.05) is 127 Å². The van der Waals surface area contributed by atoms with Gasteiger partial charge in [-0.25, -0.2) is 0 Å². The largest absolute Gasteiger partial charge is 0.394 e. The molecule has 0 bridgehead atoms. The average molecular weight is 634 g/mol. The molecule has 0 rings (SSSR count). The molecule has 4 unspecified atom stereocenters. The summed E-state index contributed by atoms with van der Waals surface area (Å²) in [7, 11) is 0. The van der Waals surface area contributed by atoms with Crippen molar-refractivity contribution in [1.82, 2.24) is 5.32 Å². The van der Waals surface area contributed by atoms with Crippen LogP contribution >= 0.6 is 0 Å². The smallest absolute Gasteiger partial charge is 0.249 e. The fraction of sp³-hybridized carbons (Fsp3) is 0.769. The number of allylic oxidation sites excluding steroid dienone is 8. The van der Waals surface area contributed by atoms with E-state index in [1.165, 1.54) is 64.2 Å². The van der Waals surface area contributed by atoms with Crippen LogP contribution in [0.2, 0.25) is 0 Å². The van der Waals surface area contributed by atoms with Gasteiger partial charge in [0.25, 0.3) is 0 Å². The molecule has 0 saturated carbocycles. The van der Waals surface area contributed by atoms with E-state index in [-0.39, 0.29) is 0 Å². The van der Waals surface area contributed by atoms with Crippen molar-refractivity contribution in [1.29, 1.82) is 0 Å². The number of rotatable bonds is 32. The summed E-state index contributed by atoms with van der Waals surface area (Å²) in [5, 5.41) is 43.3. The molecule has 45 heavy (non-hydrogen) atoms. The maximum atomic E-state index is 12.4. The molecule has 6 heteroatoms. The summed E-state index contributed by atoms with van der Waals surface area (Å²) in [6.45, 7) is 3.93. The fourth-order valence-corrected chi connectivity index (χ4v) is 5.18. The van der Waals surface area contributed by atoms with Crippen LogP contribution in [0, 0.1) is 0 Å². The zero-order chi connectivity index (χ0) is 33.2. The number of hydrogen-bond acceptors (Lipinski definition) is 5. The van der Waals surface area contributed by atoms with Crippen molar-refractivity contribution in [2.45, 2.75) is 186 Å².